The van der Waals surface area contributed by atoms with Gasteiger partial charge in [-0.05, 0) is 27.7 Å². The Morgan fingerprint density at radius 3 is 2.20 bits per heavy atom. The van der Waals surface area contributed by atoms with E-state index in [4.69, 9.17) is 9.47 Å². The molecule has 1 N–H and O–H groups in total. The van der Waals surface area contributed by atoms with Gasteiger partial charge < -0.3 is 14.8 Å². The highest BCUT2D eigenvalue weighted by atomic mass is 127. The van der Waals surface area contributed by atoms with Crippen molar-refractivity contribution in [1.82, 2.24) is 5.32 Å². The first kappa shape index (κ1) is 15.0. The van der Waals surface area contributed by atoms with Crippen LogP contribution in [0.2, 0.25) is 0 Å². The van der Waals surface area contributed by atoms with Crippen LogP contribution in [0, 0.1) is 0 Å². The van der Waals surface area contributed by atoms with Crippen molar-refractivity contribution in [1.29, 1.82) is 0 Å². The molecule has 0 aromatic carbocycles. The van der Waals surface area contributed by atoms with Crippen molar-refractivity contribution in [3.63, 3.8) is 0 Å². The lowest BCUT2D eigenvalue weighted by Crippen LogP contribution is -2.45. The average Bonchev–Trinajstić information content (AvgIpc) is 2.12. The Bertz CT molecular complexity index is 209. The molecule has 0 radical (unpaired) electrons. The summed E-state index contributed by atoms with van der Waals surface area (Å²) in [6.07, 6.45) is -0.407. The fourth-order valence-corrected chi connectivity index (χ4v) is 1.33. The first-order chi connectivity index (χ1) is 6.72. The van der Waals surface area contributed by atoms with Gasteiger partial charge >= 0.3 is 6.09 Å². The van der Waals surface area contributed by atoms with Crippen molar-refractivity contribution in [3.05, 3.63) is 0 Å². The van der Waals surface area contributed by atoms with E-state index in [-0.39, 0.29) is 5.60 Å². The number of carbonyl (C=O) groups excluding carboxylic acids is 1. The lowest BCUT2D eigenvalue weighted by Gasteiger charge is -2.27. The molecule has 0 aromatic heterocycles. The predicted molar refractivity (Wildman–Crippen MR) is 68.5 cm³/mol. The minimum absolute atomic E-state index is 0.336. The Morgan fingerprint density at radius 1 is 1.33 bits per heavy atom. The molecule has 0 aromatic rings. The van der Waals surface area contributed by atoms with Gasteiger partial charge in [0.15, 0.2) is 0 Å². The molecular formula is C10H20INO3. The zero-order chi connectivity index (χ0) is 12.1. The quantitative estimate of drug-likeness (QED) is 0.636. The van der Waals surface area contributed by atoms with E-state index in [1.54, 1.807) is 7.11 Å². The second-order valence-electron chi connectivity index (χ2n) is 4.64. The largest absolute Gasteiger partial charge is 0.444 e. The summed E-state index contributed by atoms with van der Waals surface area (Å²) >= 11 is 2.22. The Balaban J connectivity index is 4.00. The maximum absolute atomic E-state index is 11.3. The maximum Gasteiger partial charge on any atom is 0.407 e. The van der Waals surface area contributed by atoms with E-state index >= 15 is 0 Å². The highest BCUT2D eigenvalue weighted by Gasteiger charge is 2.24. The SMILES string of the molecule is COC(C)(CI)CNC(=O)OC(C)(C)C. The van der Waals surface area contributed by atoms with E-state index in [2.05, 4.69) is 27.9 Å². The van der Waals surface area contributed by atoms with E-state index in [1.807, 2.05) is 27.7 Å². The van der Waals surface area contributed by atoms with E-state index in [0.29, 0.717) is 6.54 Å². The van der Waals surface area contributed by atoms with Crippen LogP contribution in [-0.4, -0.2) is 35.4 Å². The van der Waals surface area contributed by atoms with Crippen molar-refractivity contribution in [2.75, 3.05) is 18.1 Å². The monoisotopic (exact) mass is 329 g/mol. The predicted octanol–water partition coefficient (Wildman–Crippen LogP) is 2.35. The number of halogens is 1. The van der Waals surface area contributed by atoms with Gasteiger partial charge in [-0.2, -0.15) is 0 Å². The van der Waals surface area contributed by atoms with Gasteiger partial charge in [-0.25, -0.2) is 4.79 Å². The Hall–Kier alpha value is -0.0400. The molecule has 1 unspecified atom stereocenters. The van der Waals surface area contributed by atoms with E-state index in [1.165, 1.54) is 0 Å². The Kier molecular flexibility index (Phi) is 5.87. The molecule has 15 heavy (non-hydrogen) atoms. The number of alkyl carbamates (subject to hydrolysis) is 1. The molecule has 0 rings (SSSR count). The van der Waals surface area contributed by atoms with Gasteiger partial charge in [-0.3, -0.25) is 0 Å². The fraction of sp³-hybridized carbons (Fsp3) is 0.900. The second kappa shape index (κ2) is 5.89. The number of alkyl halides is 1. The van der Waals surface area contributed by atoms with E-state index < -0.39 is 11.7 Å². The van der Waals surface area contributed by atoms with Crippen LogP contribution in [0.4, 0.5) is 4.79 Å². The standard InChI is InChI=1S/C10H20INO3/c1-9(2,3)15-8(13)12-7-10(4,6-11)14-5/h6-7H2,1-5H3,(H,12,13). The van der Waals surface area contributed by atoms with Crippen LogP contribution < -0.4 is 5.32 Å². The molecule has 4 nitrogen and oxygen atoms in total. The fourth-order valence-electron chi connectivity index (χ4n) is 0.747. The zero-order valence-electron chi connectivity index (χ0n) is 10.0. The maximum atomic E-state index is 11.3. The van der Waals surface area contributed by atoms with Gasteiger partial charge in [-0.1, -0.05) is 22.6 Å². The minimum Gasteiger partial charge on any atom is -0.444 e. The van der Waals surface area contributed by atoms with Crippen molar-refractivity contribution in [2.24, 2.45) is 0 Å². The van der Waals surface area contributed by atoms with Gasteiger partial charge in [0.2, 0.25) is 0 Å². The molecule has 0 saturated heterocycles. The summed E-state index contributed by atoms with van der Waals surface area (Å²) < 4.78 is 11.2. The van der Waals surface area contributed by atoms with Crippen LogP contribution in [0.1, 0.15) is 27.7 Å². The topological polar surface area (TPSA) is 47.6 Å². The van der Waals surface area contributed by atoms with Gasteiger partial charge in [0.05, 0.1) is 12.1 Å². The number of carbonyl (C=O) groups is 1. The van der Waals surface area contributed by atoms with Crippen LogP contribution in [0.5, 0.6) is 0 Å². The lowest BCUT2D eigenvalue weighted by atomic mass is 10.1. The summed E-state index contributed by atoms with van der Waals surface area (Å²) in [5, 5.41) is 2.69. The van der Waals surface area contributed by atoms with Crippen LogP contribution in [0.15, 0.2) is 0 Å². The first-order valence-electron chi connectivity index (χ1n) is 4.80. The highest BCUT2D eigenvalue weighted by molar-refractivity contribution is 14.1. The molecule has 0 fully saturated rings. The summed E-state index contributed by atoms with van der Waals surface area (Å²) in [4.78, 5) is 11.3. The summed E-state index contributed by atoms with van der Waals surface area (Å²) in [5.41, 5.74) is -0.796. The van der Waals surface area contributed by atoms with Gasteiger partial charge in [0, 0.05) is 11.5 Å². The minimum atomic E-state index is -0.460. The molecule has 0 aliphatic heterocycles. The third kappa shape index (κ3) is 6.94. The van der Waals surface area contributed by atoms with Crippen molar-refractivity contribution in [2.45, 2.75) is 38.9 Å². The highest BCUT2D eigenvalue weighted by Crippen LogP contribution is 2.12. The third-order valence-electron chi connectivity index (χ3n) is 1.78. The molecule has 0 spiro atoms. The summed E-state index contributed by atoms with van der Waals surface area (Å²) in [5.74, 6) is 0. The molecule has 5 heteroatoms. The second-order valence-corrected chi connectivity index (χ2v) is 5.41. The number of hydrogen-bond donors (Lipinski definition) is 1. The van der Waals surface area contributed by atoms with E-state index in [9.17, 15) is 4.79 Å². The molecule has 0 bridgehead atoms. The molecule has 0 saturated carbocycles. The molecule has 90 valence electrons. The summed E-state index contributed by atoms with van der Waals surface area (Å²) in [7, 11) is 1.63. The molecule has 0 heterocycles. The van der Waals surface area contributed by atoms with Crippen molar-refractivity contribution in [3.8, 4) is 0 Å². The van der Waals surface area contributed by atoms with Crippen molar-refractivity contribution >= 4 is 28.7 Å². The van der Waals surface area contributed by atoms with Crippen LogP contribution in [0.3, 0.4) is 0 Å². The Labute approximate surface area is 105 Å². The number of ether oxygens (including phenoxy) is 2. The summed E-state index contributed by atoms with van der Waals surface area (Å²) in [6.45, 7) is 7.89. The first-order valence-corrected chi connectivity index (χ1v) is 6.33. The molecule has 0 aliphatic rings. The number of methoxy groups -OCH3 is 1. The molecule has 0 aliphatic carbocycles. The lowest BCUT2D eigenvalue weighted by molar-refractivity contribution is 0.0187. The van der Waals surface area contributed by atoms with Crippen LogP contribution >= 0.6 is 22.6 Å². The number of amides is 1. The van der Waals surface area contributed by atoms with Gasteiger partial charge in [-0.15, -0.1) is 0 Å². The zero-order valence-corrected chi connectivity index (χ0v) is 12.2. The van der Waals surface area contributed by atoms with Crippen LogP contribution in [0.25, 0.3) is 0 Å². The molecular weight excluding hydrogens is 309 g/mol. The van der Waals surface area contributed by atoms with Crippen LogP contribution in [-0.2, 0) is 9.47 Å². The molecule has 1 atom stereocenters. The number of nitrogens with one attached hydrogen (secondary N) is 1. The average molecular weight is 329 g/mol. The van der Waals surface area contributed by atoms with Gasteiger partial charge in [0.25, 0.3) is 0 Å². The smallest absolute Gasteiger partial charge is 0.407 e. The molecule has 1 amide bonds. The Morgan fingerprint density at radius 2 is 1.87 bits per heavy atom. The summed E-state index contributed by atoms with van der Waals surface area (Å²) in [6, 6.07) is 0. The van der Waals surface area contributed by atoms with Gasteiger partial charge in [0.1, 0.15) is 5.60 Å². The van der Waals surface area contributed by atoms with E-state index in [0.717, 1.165) is 4.43 Å². The third-order valence-corrected chi connectivity index (χ3v) is 3.39. The normalized spacial score (nSPS) is 15.6. The number of rotatable bonds is 4. The van der Waals surface area contributed by atoms with Crippen molar-refractivity contribution < 1.29 is 14.3 Å². The number of hydrogen-bond acceptors (Lipinski definition) is 3.